The van der Waals surface area contributed by atoms with Gasteiger partial charge in [0.2, 0.25) is 0 Å². The Hall–Kier alpha value is 0.440. The first kappa shape index (κ1) is 6.56. The summed E-state index contributed by atoms with van der Waals surface area (Å²) in [5.74, 6) is 2.60. The molecular formula is C6H9S2. The van der Waals surface area contributed by atoms with Gasteiger partial charge in [0, 0.05) is 11.5 Å². The third-order valence-electron chi connectivity index (χ3n) is 0.920. The van der Waals surface area contributed by atoms with Crippen LogP contribution < -0.4 is 0 Å². The van der Waals surface area contributed by atoms with E-state index in [1.54, 1.807) is 4.58 Å². The van der Waals surface area contributed by atoms with E-state index in [1.807, 2.05) is 29.6 Å². The van der Waals surface area contributed by atoms with Crippen molar-refractivity contribution in [1.82, 2.24) is 0 Å². The van der Waals surface area contributed by atoms with Gasteiger partial charge in [-0.25, -0.2) is 0 Å². The summed E-state index contributed by atoms with van der Waals surface area (Å²) in [6, 6.07) is 0. The molecule has 0 aliphatic carbocycles. The molecule has 45 valence electrons. The molecule has 8 heavy (non-hydrogen) atoms. The second kappa shape index (κ2) is 3.46. The predicted octanol–water partition coefficient (Wildman–Crippen LogP) is 2.53. The van der Waals surface area contributed by atoms with E-state index in [0.29, 0.717) is 0 Å². The first-order chi connectivity index (χ1) is 3.93. The van der Waals surface area contributed by atoms with E-state index in [2.05, 4.69) is 6.58 Å². The second-order valence-corrected chi connectivity index (χ2v) is 4.20. The first-order valence-electron chi connectivity index (χ1n) is 2.66. The average Bonchev–Trinajstić information content (AvgIpc) is 2.19. The number of allylic oxidation sites excluding steroid dienone is 1. The van der Waals surface area contributed by atoms with Gasteiger partial charge in [-0.2, -0.15) is 0 Å². The lowest BCUT2D eigenvalue weighted by Crippen LogP contribution is -1.73. The molecule has 2 heteroatoms. The molecule has 0 amide bonds. The van der Waals surface area contributed by atoms with Crippen LogP contribution in [-0.2, 0) is 0 Å². The predicted molar refractivity (Wildman–Crippen MR) is 43.0 cm³/mol. The van der Waals surface area contributed by atoms with Crippen LogP contribution in [0.2, 0.25) is 0 Å². The summed E-state index contributed by atoms with van der Waals surface area (Å²) >= 11 is 3.95. The van der Waals surface area contributed by atoms with Gasteiger partial charge < -0.3 is 0 Å². The molecule has 1 radical (unpaired) electrons. The number of hydrogen-bond donors (Lipinski definition) is 0. The highest BCUT2D eigenvalue weighted by atomic mass is 32.2. The smallest absolute Gasteiger partial charge is 0.0885 e. The van der Waals surface area contributed by atoms with E-state index < -0.39 is 0 Å². The van der Waals surface area contributed by atoms with E-state index in [-0.39, 0.29) is 0 Å². The Bertz CT molecular complexity index is 74.6. The molecule has 1 saturated heterocycles. The lowest BCUT2D eigenvalue weighted by molar-refractivity contribution is 1.34. The van der Waals surface area contributed by atoms with Crippen molar-refractivity contribution in [1.29, 1.82) is 0 Å². The highest BCUT2D eigenvalue weighted by molar-refractivity contribution is 8.23. The average molecular weight is 145 g/mol. The van der Waals surface area contributed by atoms with Crippen molar-refractivity contribution < 1.29 is 0 Å². The van der Waals surface area contributed by atoms with Crippen molar-refractivity contribution in [3.05, 3.63) is 17.2 Å². The molecule has 1 aliphatic heterocycles. The zero-order valence-corrected chi connectivity index (χ0v) is 6.36. The van der Waals surface area contributed by atoms with Gasteiger partial charge in [-0.05, 0) is 6.42 Å². The van der Waals surface area contributed by atoms with E-state index in [4.69, 9.17) is 0 Å². The van der Waals surface area contributed by atoms with Crippen molar-refractivity contribution in [2.75, 3.05) is 11.5 Å². The zero-order valence-electron chi connectivity index (χ0n) is 4.72. The minimum Gasteiger partial charge on any atom is -0.141 e. The maximum Gasteiger partial charge on any atom is 0.0885 e. The largest absolute Gasteiger partial charge is 0.141 e. The second-order valence-electron chi connectivity index (χ2n) is 1.56. The lowest BCUT2D eigenvalue weighted by Gasteiger charge is -1.98. The third-order valence-corrected chi connectivity index (χ3v) is 3.68. The van der Waals surface area contributed by atoms with E-state index >= 15 is 0 Å². The van der Waals surface area contributed by atoms with Gasteiger partial charge >= 0.3 is 0 Å². The topological polar surface area (TPSA) is 0 Å². The van der Waals surface area contributed by atoms with Gasteiger partial charge in [-0.1, -0.05) is 6.08 Å². The highest BCUT2D eigenvalue weighted by Crippen LogP contribution is 2.41. The molecule has 1 aliphatic rings. The molecule has 1 rings (SSSR count). The maximum atomic E-state index is 3.68. The summed E-state index contributed by atoms with van der Waals surface area (Å²) in [6.07, 6.45) is 3.07. The minimum absolute atomic E-state index is 1.09. The quantitative estimate of drug-likeness (QED) is 0.548. The highest BCUT2D eigenvalue weighted by Gasteiger charge is 2.14. The van der Waals surface area contributed by atoms with Gasteiger partial charge in [-0.15, -0.1) is 30.1 Å². The summed E-state index contributed by atoms with van der Waals surface area (Å²) in [5, 5.41) is 0. The van der Waals surface area contributed by atoms with Gasteiger partial charge in [0.15, 0.2) is 0 Å². The van der Waals surface area contributed by atoms with E-state index in [9.17, 15) is 0 Å². The molecule has 0 atom stereocenters. The fourth-order valence-corrected chi connectivity index (χ4v) is 3.02. The fraction of sp³-hybridized carbons (Fsp3) is 0.500. The Morgan fingerprint density at radius 1 is 1.50 bits per heavy atom. The molecule has 0 unspecified atom stereocenters. The number of hydrogen-bond acceptors (Lipinski definition) is 2. The summed E-state index contributed by atoms with van der Waals surface area (Å²) < 4.78 is 1.54. The molecule has 0 aromatic carbocycles. The van der Waals surface area contributed by atoms with Crippen LogP contribution in [0.15, 0.2) is 12.7 Å². The van der Waals surface area contributed by atoms with Crippen LogP contribution in [0.5, 0.6) is 0 Å². The SMILES string of the molecule is C=CC[C]1SCCS1. The molecule has 0 aromatic heterocycles. The molecule has 1 fully saturated rings. The Morgan fingerprint density at radius 3 is 2.62 bits per heavy atom. The van der Waals surface area contributed by atoms with Crippen molar-refractivity contribution in [3.63, 3.8) is 0 Å². The van der Waals surface area contributed by atoms with Crippen molar-refractivity contribution >= 4 is 23.5 Å². The molecule has 0 aromatic rings. The molecule has 0 saturated carbocycles. The summed E-state index contributed by atoms with van der Waals surface area (Å²) in [5.41, 5.74) is 0. The Balaban J connectivity index is 2.14. The van der Waals surface area contributed by atoms with Crippen LogP contribution in [-0.4, -0.2) is 11.5 Å². The minimum atomic E-state index is 1.09. The van der Waals surface area contributed by atoms with Crippen LogP contribution in [0.3, 0.4) is 0 Å². The normalized spacial score (nSPS) is 21.5. The van der Waals surface area contributed by atoms with Gasteiger partial charge in [0.05, 0.1) is 4.58 Å². The van der Waals surface area contributed by atoms with Crippen molar-refractivity contribution in [3.8, 4) is 0 Å². The van der Waals surface area contributed by atoms with Crippen LogP contribution in [0.1, 0.15) is 6.42 Å². The number of thioether (sulfide) groups is 2. The molecule has 0 bridgehead atoms. The maximum absolute atomic E-state index is 3.68. The van der Waals surface area contributed by atoms with E-state index in [1.165, 1.54) is 11.5 Å². The van der Waals surface area contributed by atoms with Crippen LogP contribution in [0.4, 0.5) is 0 Å². The van der Waals surface area contributed by atoms with Crippen molar-refractivity contribution in [2.24, 2.45) is 0 Å². The molecule has 0 nitrogen and oxygen atoms in total. The molecule has 0 spiro atoms. The molecule has 1 heterocycles. The third kappa shape index (κ3) is 1.75. The molecule has 0 N–H and O–H groups in total. The Kier molecular flexibility index (Phi) is 2.84. The summed E-state index contributed by atoms with van der Waals surface area (Å²) in [4.78, 5) is 0. The van der Waals surface area contributed by atoms with E-state index in [0.717, 1.165) is 6.42 Å². The van der Waals surface area contributed by atoms with Gasteiger partial charge in [-0.3, -0.25) is 0 Å². The standard InChI is InChI=1S/C6H9S2/c1-2-3-6-7-4-5-8-6/h2H,1,3-5H2. The summed E-state index contributed by atoms with van der Waals surface area (Å²) in [6.45, 7) is 3.68. The monoisotopic (exact) mass is 145 g/mol. The zero-order chi connectivity index (χ0) is 5.82. The van der Waals surface area contributed by atoms with Crippen LogP contribution >= 0.6 is 23.5 Å². The first-order valence-corrected chi connectivity index (χ1v) is 4.63. The van der Waals surface area contributed by atoms with Gasteiger partial charge in [0.1, 0.15) is 0 Å². The van der Waals surface area contributed by atoms with Crippen molar-refractivity contribution in [2.45, 2.75) is 6.42 Å². The van der Waals surface area contributed by atoms with Crippen LogP contribution in [0, 0.1) is 4.58 Å². The Labute approximate surface area is 59.1 Å². The Morgan fingerprint density at radius 2 is 2.12 bits per heavy atom. The summed E-state index contributed by atoms with van der Waals surface area (Å²) in [7, 11) is 0. The molecular weight excluding hydrogens is 136 g/mol. The lowest BCUT2D eigenvalue weighted by atomic mass is 10.5. The fourth-order valence-electron chi connectivity index (χ4n) is 0.588. The number of rotatable bonds is 2. The van der Waals surface area contributed by atoms with Crippen LogP contribution in [0.25, 0.3) is 0 Å². The van der Waals surface area contributed by atoms with Gasteiger partial charge in [0.25, 0.3) is 0 Å².